The summed E-state index contributed by atoms with van der Waals surface area (Å²) in [7, 11) is 0. The fourth-order valence-electron chi connectivity index (χ4n) is 0.532. The van der Waals surface area contributed by atoms with Crippen LogP contribution in [0.25, 0.3) is 0 Å². The van der Waals surface area contributed by atoms with Crippen molar-refractivity contribution in [1.29, 1.82) is 0 Å². The van der Waals surface area contributed by atoms with Crippen molar-refractivity contribution in [3.8, 4) is 0 Å². The van der Waals surface area contributed by atoms with Crippen LogP contribution in [0.1, 0.15) is 13.8 Å². The molecule has 0 N–H and O–H groups in total. The van der Waals surface area contributed by atoms with Gasteiger partial charge in [0.2, 0.25) is 0 Å². The Morgan fingerprint density at radius 3 is 2.58 bits per heavy atom. The third kappa shape index (κ3) is 4.63. The number of hydrogen-bond donors (Lipinski definition) is 0. The van der Waals surface area contributed by atoms with E-state index in [2.05, 4.69) is 0 Å². The van der Waals surface area contributed by atoms with Crippen LogP contribution in [-0.4, -0.2) is 21.0 Å². The lowest BCUT2D eigenvalue weighted by Gasteiger charge is -2.07. The number of thioether (sulfide) groups is 1. The maximum atomic E-state index is 11.2. The quantitative estimate of drug-likeness (QED) is 0.392. The second-order valence-corrected chi connectivity index (χ2v) is 5.07. The summed E-state index contributed by atoms with van der Waals surface area (Å²) in [6.45, 7) is 3.60. The fraction of sp³-hybridized carbons (Fsp3) is 0.667. The normalized spacial score (nSPS) is 14.4. The molecule has 0 spiro atoms. The summed E-state index contributed by atoms with van der Waals surface area (Å²) in [5, 5.41) is 10.1. The highest BCUT2D eigenvalue weighted by Gasteiger charge is 2.16. The standard InChI is InChI=1S/C6H11NO3S2/c1-3-11-6(5-7(8)9)12(10)4-2/h5H,3-4H2,1-2H3/b6-5+. The van der Waals surface area contributed by atoms with Gasteiger partial charge in [0.25, 0.3) is 10.4 Å². The minimum Gasteiger partial charge on any atom is -0.611 e. The lowest BCUT2D eigenvalue weighted by molar-refractivity contribution is -0.402. The molecule has 0 bridgehead atoms. The van der Waals surface area contributed by atoms with Crippen LogP contribution in [-0.2, 0) is 11.2 Å². The van der Waals surface area contributed by atoms with Crippen molar-refractivity contribution in [1.82, 2.24) is 0 Å². The predicted octanol–water partition coefficient (Wildman–Crippen LogP) is 1.58. The zero-order valence-corrected chi connectivity index (χ0v) is 8.61. The van der Waals surface area contributed by atoms with Crippen molar-refractivity contribution in [3.63, 3.8) is 0 Å². The first-order valence-electron chi connectivity index (χ1n) is 3.48. The highest BCUT2D eigenvalue weighted by Crippen LogP contribution is 2.22. The number of nitrogens with zero attached hydrogens (tertiary/aromatic N) is 1. The molecule has 0 aliphatic carbocycles. The van der Waals surface area contributed by atoms with E-state index in [1.807, 2.05) is 6.92 Å². The molecule has 70 valence electrons. The minimum absolute atomic E-state index is 0.352. The van der Waals surface area contributed by atoms with Crippen molar-refractivity contribution < 1.29 is 9.48 Å². The van der Waals surface area contributed by atoms with Crippen LogP contribution in [0.15, 0.2) is 10.4 Å². The Kier molecular flexibility index (Phi) is 6.23. The van der Waals surface area contributed by atoms with Gasteiger partial charge in [-0.05, 0) is 23.9 Å². The Morgan fingerprint density at radius 2 is 2.25 bits per heavy atom. The second kappa shape index (κ2) is 6.33. The molecule has 12 heavy (non-hydrogen) atoms. The summed E-state index contributed by atoms with van der Waals surface area (Å²) in [5.41, 5.74) is 0. The van der Waals surface area contributed by atoms with Gasteiger partial charge in [0.05, 0.1) is 4.92 Å². The molecule has 0 fully saturated rings. The molecule has 0 aromatic rings. The molecule has 0 aliphatic heterocycles. The van der Waals surface area contributed by atoms with Gasteiger partial charge in [0.15, 0.2) is 0 Å². The third-order valence-corrected chi connectivity index (χ3v) is 3.65. The Morgan fingerprint density at radius 1 is 1.67 bits per heavy atom. The zero-order valence-electron chi connectivity index (χ0n) is 6.98. The van der Waals surface area contributed by atoms with Crippen LogP contribution in [0.4, 0.5) is 0 Å². The van der Waals surface area contributed by atoms with Crippen LogP contribution in [0.2, 0.25) is 0 Å². The molecular weight excluding hydrogens is 198 g/mol. The molecule has 0 aromatic carbocycles. The smallest absolute Gasteiger partial charge is 0.295 e. The van der Waals surface area contributed by atoms with E-state index >= 15 is 0 Å². The van der Waals surface area contributed by atoms with Crippen LogP contribution in [0, 0.1) is 10.1 Å². The summed E-state index contributed by atoms with van der Waals surface area (Å²) in [4.78, 5) is 9.52. The van der Waals surface area contributed by atoms with Crippen molar-refractivity contribution in [2.45, 2.75) is 13.8 Å². The lowest BCUT2D eigenvalue weighted by Crippen LogP contribution is -2.06. The molecule has 4 nitrogen and oxygen atoms in total. The van der Waals surface area contributed by atoms with E-state index in [0.717, 1.165) is 6.20 Å². The second-order valence-electron chi connectivity index (χ2n) is 1.80. The maximum Gasteiger partial charge on any atom is 0.295 e. The number of hydrogen-bond acceptors (Lipinski definition) is 4. The average molecular weight is 209 g/mol. The van der Waals surface area contributed by atoms with Crippen molar-refractivity contribution in [2.24, 2.45) is 0 Å². The first-order chi connectivity index (χ1) is 5.61. The van der Waals surface area contributed by atoms with Gasteiger partial charge in [-0.15, -0.1) is 0 Å². The highest BCUT2D eigenvalue weighted by atomic mass is 32.3. The monoisotopic (exact) mass is 209 g/mol. The van der Waals surface area contributed by atoms with Crippen LogP contribution in [0.5, 0.6) is 0 Å². The predicted molar refractivity (Wildman–Crippen MR) is 51.9 cm³/mol. The minimum atomic E-state index is -1.20. The Bertz CT molecular complexity index is 184. The first kappa shape index (κ1) is 11.8. The van der Waals surface area contributed by atoms with Gasteiger partial charge in [-0.1, -0.05) is 18.7 Å². The number of rotatable bonds is 5. The molecule has 0 amide bonds. The van der Waals surface area contributed by atoms with E-state index in [4.69, 9.17) is 0 Å². The molecule has 6 heteroatoms. The zero-order chi connectivity index (χ0) is 9.56. The highest BCUT2D eigenvalue weighted by molar-refractivity contribution is 8.18. The average Bonchev–Trinajstić information content (AvgIpc) is 2.01. The van der Waals surface area contributed by atoms with Gasteiger partial charge in [-0.2, -0.15) is 0 Å². The van der Waals surface area contributed by atoms with Gasteiger partial charge in [0.1, 0.15) is 5.75 Å². The van der Waals surface area contributed by atoms with E-state index in [1.54, 1.807) is 6.92 Å². The van der Waals surface area contributed by atoms with E-state index in [-0.39, 0.29) is 0 Å². The topological polar surface area (TPSA) is 66.2 Å². The van der Waals surface area contributed by atoms with Gasteiger partial charge >= 0.3 is 0 Å². The molecule has 1 unspecified atom stereocenters. The molecular formula is C6H11NO3S2. The molecule has 0 saturated carbocycles. The Balaban J connectivity index is 4.31. The van der Waals surface area contributed by atoms with Gasteiger partial charge in [0, 0.05) is 0 Å². The van der Waals surface area contributed by atoms with E-state index < -0.39 is 16.1 Å². The lowest BCUT2D eigenvalue weighted by atomic mass is 11.0. The summed E-state index contributed by atoms with van der Waals surface area (Å²) in [6, 6.07) is 0. The summed E-state index contributed by atoms with van der Waals surface area (Å²) >= 11 is 0.0539. The molecule has 0 rings (SSSR count). The van der Waals surface area contributed by atoms with Crippen LogP contribution < -0.4 is 0 Å². The summed E-state index contributed by atoms with van der Waals surface area (Å²) in [6.07, 6.45) is 0.827. The summed E-state index contributed by atoms with van der Waals surface area (Å²) < 4.78 is 11.5. The van der Waals surface area contributed by atoms with Gasteiger partial charge in [-0.3, -0.25) is 10.1 Å². The van der Waals surface area contributed by atoms with Crippen molar-refractivity contribution >= 4 is 22.9 Å². The SMILES string of the molecule is CCS/C(=C\[N+](=O)[O-])[S+]([O-])CC. The molecule has 0 saturated heterocycles. The molecule has 0 aliphatic rings. The van der Waals surface area contributed by atoms with Crippen LogP contribution >= 0.6 is 11.8 Å². The third-order valence-electron chi connectivity index (χ3n) is 0.984. The molecule has 1 atom stereocenters. The first-order valence-corrected chi connectivity index (χ1v) is 5.78. The van der Waals surface area contributed by atoms with Crippen molar-refractivity contribution in [3.05, 3.63) is 20.6 Å². The molecule has 0 radical (unpaired) electrons. The van der Waals surface area contributed by atoms with Crippen LogP contribution in [0.3, 0.4) is 0 Å². The summed E-state index contributed by atoms with van der Waals surface area (Å²) in [5.74, 6) is 1.12. The fourth-order valence-corrected chi connectivity index (χ4v) is 2.70. The van der Waals surface area contributed by atoms with Crippen molar-refractivity contribution in [2.75, 3.05) is 11.5 Å². The van der Waals surface area contributed by atoms with Gasteiger partial charge < -0.3 is 4.55 Å². The molecule has 0 aromatic heterocycles. The number of nitro groups is 1. The van der Waals surface area contributed by atoms with E-state index in [1.165, 1.54) is 11.8 Å². The Labute approximate surface area is 78.7 Å². The van der Waals surface area contributed by atoms with Gasteiger partial charge in [-0.25, -0.2) is 0 Å². The maximum absolute atomic E-state index is 11.2. The Hall–Kier alpha value is -0.200. The largest absolute Gasteiger partial charge is 0.611 e. The molecule has 0 heterocycles. The van der Waals surface area contributed by atoms with E-state index in [0.29, 0.717) is 15.7 Å². The van der Waals surface area contributed by atoms with E-state index in [9.17, 15) is 14.7 Å².